The molecule has 2 heterocycles. The first-order chi connectivity index (χ1) is 16.2. The molecule has 0 unspecified atom stereocenters. The maximum absolute atomic E-state index is 13.3. The minimum Gasteiger partial charge on any atom is -0.342 e. The first kappa shape index (κ1) is 22.1. The molecule has 174 valence electrons. The molecule has 33 heavy (non-hydrogen) atoms. The molecule has 0 bridgehead atoms. The van der Waals surface area contributed by atoms with Gasteiger partial charge in [0.05, 0.1) is 11.8 Å². The van der Waals surface area contributed by atoms with E-state index in [1.807, 2.05) is 17.0 Å². The van der Waals surface area contributed by atoms with Crippen molar-refractivity contribution in [2.45, 2.75) is 44.9 Å². The summed E-state index contributed by atoms with van der Waals surface area (Å²) in [5.74, 6) is 0.0338. The van der Waals surface area contributed by atoms with E-state index in [0.717, 1.165) is 64.0 Å². The molecule has 2 saturated heterocycles. The first-order valence-electron chi connectivity index (χ1n) is 12.6. The van der Waals surface area contributed by atoms with Gasteiger partial charge in [0.15, 0.2) is 0 Å². The topological polar surface area (TPSA) is 52.7 Å². The van der Waals surface area contributed by atoms with E-state index < -0.39 is 0 Å². The van der Waals surface area contributed by atoms with Crippen LogP contribution >= 0.6 is 0 Å². The normalized spacial score (nSPS) is 22.8. The lowest BCUT2D eigenvalue weighted by Crippen LogP contribution is -2.50. The summed E-state index contributed by atoms with van der Waals surface area (Å²) in [6.07, 6.45) is 7.21. The van der Waals surface area contributed by atoms with Crippen molar-refractivity contribution in [3.05, 3.63) is 65.2 Å². The molecular weight excluding hydrogens is 410 g/mol. The minimum absolute atomic E-state index is 0.0524. The van der Waals surface area contributed by atoms with Crippen molar-refractivity contribution in [3.63, 3.8) is 0 Å². The molecule has 3 aliphatic rings. The lowest BCUT2D eigenvalue weighted by atomic mass is 9.87. The van der Waals surface area contributed by atoms with E-state index in [-0.39, 0.29) is 23.7 Å². The molecule has 2 aromatic rings. The average Bonchev–Trinajstić information content (AvgIpc) is 3.55. The zero-order valence-electron chi connectivity index (χ0n) is 19.5. The Morgan fingerprint density at radius 3 is 2.45 bits per heavy atom. The van der Waals surface area contributed by atoms with Crippen LogP contribution in [0.25, 0.3) is 0 Å². The van der Waals surface area contributed by atoms with E-state index in [1.54, 1.807) is 0 Å². The third kappa shape index (κ3) is 5.30. The number of hydrogen-bond donors (Lipinski definition) is 1. The number of rotatable bonds is 6. The summed E-state index contributed by atoms with van der Waals surface area (Å²) in [6, 6.07) is 16.8. The van der Waals surface area contributed by atoms with E-state index in [2.05, 4.69) is 46.6 Å². The number of piperidine rings is 1. The van der Waals surface area contributed by atoms with Gasteiger partial charge in [0, 0.05) is 38.4 Å². The van der Waals surface area contributed by atoms with Crippen molar-refractivity contribution in [2.24, 2.45) is 11.8 Å². The molecule has 5 heteroatoms. The number of nitrogens with one attached hydrogen (secondary N) is 1. The number of fused-ring (bicyclic) bond motifs is 1. The quantitative estimate of drug-likeness (QED) is 0.733. The molecule has 1 aliphatic carbocycles. The molecule has 0 saturated carbocycles. The van der Waals surface area contributed by atoms with Crippen LogP contribution in [0.1, 0.15) is 42.4 Å². The summed E-state index contributed by atoms with van der Waals surface area (Å²) < 4.78 is 0. The molecule has 0 spiro atoms. The zero-order chi connectivity index (χ0) is 22.6. The van der Waals surface area contributed by atoms with Gasteiger partial charge in [0.25, 0.3) is 0 Å². The van der Waals surface area contributed by atoms with E-state index in [9.17, 15) is 9.59 Å². The van der Waals surface area contributed by atoms with Gasteiger partial charge in [-0.25, -0.2) is 0 Å². The van der Waals surface area contributed by atoms with Crippen LogP contribution in [0.3, 0.4) is 0 Å². The number of likely N-dealkylation sites (tertiary alicyclic amines) is 2. The number of aryl methyl sites for hydroxylation is 2. The molecule has 1 N–H and O–H groups in total. The van der Waals surface area contributed by atoms with Crippen molar-refractivity contribution < 1.29 is 9.59 Å². The largest absolute Gasteiger partial charge is 0.342 e. The van der Waals surface area contributed by atoms with Crippen LogP contribution in [-0.4, -0.2) is 54.3 Å². The Labute approximate surface area is 197 Å². The van der Waals surface area contributed by atoms with Crippen molar-refractivity contribution in [1.82, 2.24) is 9.80 Å². The molecule has 5 rings (SSSR count). The van der Waals surface area contributed by atoms with E-state index in [0.29, 0.717) is 13.0 Å². The van der Waals surface area contributed by atoms with E-state index in [1.165, 1.54) is 23.1 Å². The standard InChI is InChI=1S/C28H35N3O2/c32-27(29-26-12-11-22-9-6-10-23(22)18-26)24-17-25(28(33)31-14-4-5-15-31)20-30(19-24)16-13-21-7-2-1-3-8-21/h1-3,7-8,11-12,18,24-25H,4-6,9-10,13-17,19-20H2,(H,29,32)/t24-,25+/m1/s1. The highest BCUT2D eigenvalue weighted by Crippen LogP contribution is 2.28. The number of anilines is 1. The Bertz CT molecular complexity index is 984. The van der Waals surface area contributed by atoms with Gasteiger partial charge >= 0.3 is 0 Å². The number of hydrogen-bond acceptors (Lipinski definition) is 3. The van der Waals surface area contributed by atoms with Gasteiger partial charge in [-0.1, -0.05) is 36.4 Å². The SMILES string of the molecule is O=C(Nc1ccc2c(c1)CCC2)[C@@H]1C[C@H](C(=O)N2CCCC2)CN(CCc2ccccc2)C1. The predicted molar refractivity (Wildman–Crippen MR) is 131 cm³/mol. The highest BCUT2D eigenvalue weighted by molar-refractivity contribution is 5.93. The molecule has 2 amide bonds. The van der Waals surface area contributed by atoms with Crippen LogP contribution in [0.4, 0.5) is 5.69 Å². The smallest absolute Gasteiger partial charge is 0.228 e. The van der Waals surface area contributed by atoms with E-state index >= 15 is 0 Å². The maximum atomic E-state index is 13.3. The van der Waals surface area contributed by atoms with E-state index in [4.69, 9.17) is 0 Å². The number of carbonyl (C=O) groups is 2. The molecule has 2 atom stereocenters. The van der Waals surface area contributed by atoms with Gasteiger partial charge in [0.2, 0.25) is 11.8 Å². The Morgan fingerprint density at radius 1 is 0.879 bits per heavy atom. The third-order valence-corrected chi connectivity index (χ3v) is 7.59. The fraction of sp³-hybridized carbons (Fsp3) is 0.500. The number of benzene rings is 2. The third-order valence-electron chi connectivity index (χ3n) is 7.59. The maximum Gasteiger partial charge on any atom is 0.228 e. The van der Waals surface area contributed by atoms with Gasteiger partial charge in [-0.3, -0.25) is 9.59 Å². The first-order valence-corrected chi connectivity index (χ1v) is 12.6. The van der Waals surface area contributed by atoms with Crippen LogP contribution in [-0.2, 0) is 28.9 Å². The number of carbonyl (C=O) groups excluding carboxylic acids is 2. The lowest BCUT2D eigenvalue weighted by Gasteiger charge is -2.38. The molecule has 2 aliphatic heterocycles. The summed E-state index contributed by atoms with van der Waals surface area (Å²) in [5.41, 5.74) is 4.96. The second-order valence-electron chi connectivity index (χ2n) is 9.98. The summed E-state index contributed by atoms with van der Waals surface area (Å²) in [7, 11) is 0. The summed E-state index contributed by atoms with van der Waals surface area (Å²) >= 11 is 0. The lowest BCUT2D eigenvalue weighted by molar-refractivity contribution is -0.138. The van der Waals surface area contributed by atoms with Gasteiger partial charge < -0.3 is 15.1 Å². The Kier molecular flexibility index (Phi) is 6.77. The summed E-state index contributed by atoms with van der Waals surface area (Å²) in [6.45, 7) is 4.07. The fourth-order valence-corrected chi connectivity index (χ4v) is 5.76. The van der Waals surface area contributed by atoms with Crippen LogP contribution < -0.4 is 5.32 Å². The highest BCUT2D eigenvalue weighted by Gasteiger charge is 2.37. The molecular formula is C28H35N3O2. The van der Waals surface area contributed by atoms with Crippen molar-refractivity contribution in [1.29, 1.82) is 0 Å². The molecule has 2 aromatic carbocycles. The predicted octanol–water partition coefficient (Wildman–Crippen LogP) is 3.92. The monoisotopic (exact) mass is 445 g/mol. The molecule has 2 fully saturated rings. The van der Waals surface area contributed by atoms with Gasteiger partial charge in [-0.05, 0) is 73.8 Å². The summed E-state index contributed by atoms with van der Waals surface area (Å²) in [4.78, 5) is 30.9. The van der Waals surface area contributed by atoms with Crippen LogP contribution in [0, 0.1) is 11.8 Å². The fourth-order valence-electron chi connectivity index (χ4n) is 5.76. The minimum atomic E-state index is -0.167. The van der Waals surface area contributed by atoms with Crippen LogP contribution in [0.5, 0.6) is 0 Å². The second kappa shape index (κ2) is 10.1. The average molecular weight is 446 g/mol. The molecule has 0 radical (unpaired) electrons. The van der Waals surface area contributed by atoms with Gasteiger partial charge in [-0.15, -0.1) is 0 Å². The Hall–Kier alpha value is -2.66. The molecule has 0 aromatic heterocycles. The second-order valence-corrected chi connectivity index (χ2v) is 9.98. The van der Waals surface area contributed by atoms with Gasteiger partial charge in [-0.2, -0.15) is 0 Å². The van der Waals surface area contributed by atoms with Crippen molar-refractivity contribution in [2.75, 3.05) is 38.0 Å². The Balaban J connectivity index is 1.27. The zero-order valence-corrected chi connectivity index (χ0v) is 19.5. The summed E-state index contributed by atoms with van der Waals surface area (Å²) in [5, 5.41) is 3.17. The Morgan fingerprint density at radius 2 is 1.64 bits per heavy atom. The van der Waals surface area contributed by atoms with Crippen molar-refractivity contribution in [3.8, 4) is 0 Å². The van der Waals surface area contributed by atoms with Crippen molar-refractivity contribution >= 4 is 17.5 Å². The van der Waals surface area contributed by atoms with Crippen LogP contribution in [0.2, 0.25) is 0 Å². The molecule has 5 nitrogen and oxygen atoms in total. The highest BCUT2D eigenvalue weighted by atomic mass is 16.2. The van der Waals surface area contributed by atoms with Crippen LogP contribution in [0.15, 0.2) is 48.5 Å². The number of nitrogens with zero attached hydrogens (tertiary/aromatic N) is 2. The van der Waals surface area contributed by atoms with Gasteiger partial charge in [0.1, 0.15) is 0 Å². The number of amides is 2.